The lowest BCUT2D eigenvalue weighted by Gasteiger charge is -2.27. The van der Waals surface area contributed by atoms with Crippen LogP contribution in [0.1, 0.15) is 29.2 Å². The van der Waals surface area contributed by atoms with Gasteiger partial charge in [-0.2, -0.15) is 13.2 Å². The third-order valence-corrected chi connectivity index (χ3v) is 5.28. The molecule has 1 saturated heterocycles. The van der Waals surface area contributed by atoms with Gasteiger partial charge in [0.2, 0.25) is 0 Å². The molecule has 1 aliphatic rings. The highest BCUT2D eigenvalue weighted by atomic mass is 19.4. The number of β-amino-alcohol motifs (C(OH)–C–C–N with tert-alkyl or cyclic N) is 1. The van der Waals surface area contributed by atoms with Crippen molar-refractivity contribution in [1.29, 1.82) is 0 Å². The summed E-state index contributed by atoms with van der Waals surface area (Å²) in [6.45, 7) is 2.12. The van der Waals surface area contributed by atoms with Crippen LogP contribution in [0.5, 0.6) is 0 Å². The van der Waals surface area contributed by atoms with Crippen molar-refractivity contribution >= 4 is 0 Å². The minimum atomic E-state index is -4.38. The van der Waals surface area contributed by atoms with Gasteiger partial charge in [0.25, 0.3) is 0 Å². The molecule has 2 aromatic carbocycles. The molecule has 0 saturated carbocycles. The van der Waals surface area contributed by atoms with Crippen molar-refractivity contribution in [2.75, 3.05) is 26.8 Å². The average Bonchev–Trinajstić information content (AvgIpc) is 3.04. The Morgan fingerprint density at radius 1 is 1.17 bits per heavy atom. The Hall–Kier alpha value is -1.93. The molecule has 2 N–H and O–H groups in total. The second-order valence-electron chi connectivity index (χ2n) is 7.50. The van der Waals surface area contributed by atoms with Crippen LogP contribution in [0.15, 0.2) is 54.6 Å². The van der Waals surface area contributed by atoms with E-state index in [1.165, 1.54) is 19.2 Å². The molecule has 0 aromatic heterocycles. The van der Waals surface area contributed by atoms with Gasteiger partial charge in [0.05, 0.1) is 24.3 Å². The zero-order valence-corrected chi connectivity index (χ0v) is 16.4. The van der Waals surface area contributed by atoms with Crippen LogP contribution in [-0.2, 0) is 17.5 Å². The van der Waals surface area contributed by atoms with Crippen molar-refractivity contribution in [3.8, 4) is 0 Å². The second kappa shape index (κ2) is 9.71. The van der Waals surface area contributed by atoms with Gasteiger partial charge in [-0.3, -0.25) is 4.90 Å². The molecule has 4 nitrogen and oxygen atoms in total. The highest BCUT2D eigenvalue weighted by molar-refractivity contribution is 5.28. The first-order chi connectivity index (χ1) is 13.9. The molecule has 3 rings (SSSR count). The van der Waals surface area contributed by atoms with Gasteiger partial charge in [-0.05, 0) is 29.7 Å². The summed E-state index contributed by atoms with van der Waals surface area (Å²) in [6.07, 6.45) is -4.16. The normalized spacial score (nSPS) is 21.4. The quantitative estimate of drug-likeness (QED) is 0.700. The molecule has 0 bridgehead atoms. The van der Waals surface area contributed by atoms with Gasteiger partial charge in [-0.25, -0.2) is 0 Å². The Labute approximate surface area is 169 Å². The van der Waals surface area contributed by atoms with Gasteiger partial charge >= 0.3 is 6.18 Å². The summed E-state index contributed by atoms with van der Waals surface area (Å²) in [7, 11) is 1.53. The zero-order chi connectivity index (χ0) is 20.9. The van der Waals surface area contributed by atoms with E-state index in [0.717, 1.165) is 18.2 Å². The number of hydrogen-bond acceptors (Lipinski definition) is 4. The number of aliphatic hydroxyl groups is 1. The molecule has 0 unspecified atom stereocenters. The summed E-state index contributed by atoms with van der Waals surface area (Å²) in [5.41, 5.74) is 1.03. The minimum Gasteiger partial charge on any atom is -0.392 e. The van der Waals surface area contributed by atoms with Gasteiger partial charge in [-0.15, -0.1) is 0 Å². The molecular formula is C22H27F3N2O2. The Balaban J connectivity index is 1.67. The number of alkyl halides is 3. The van der Waals surface area contributed by atoms with Crippen LogP contribution in [0.2, 0.25) is 0 Å². The lowest BCUT2D eigenvalue weighted by atomic mass is 10.0. The molecule has 0 amide bonds. The average molecular weight is 408 g/mol. The van der Waals surface area contributed by atoms with E-state index < -0.39 is 17.8 Å². The van der Waals surface area contributed by atoms with Crippen molar-refractivity contribution < 1.29 is 23.0 Å². The van der Waals surface area contributed by atoms with Crippen LogP contribution in [0, 0.1) is 0 Å². The fourth-order valence-corrected chi connectivity index (χ4v) is 3.83. The van der Waals surface area contributed by atoms with Crippen LogP contribution in [0.4, 0.5) is 13.2 Å². The maximum Gasteiger partial charge on any atom is 0.416 e. The minimum absolute atomic E-state index is 0.0929. The van der Waals surface area contributed by atoms with Crippen LogP contribution in [0.25, 0.3) is 0 Å². The Morgan fingerprint density at radius 2 is 1.93 bits per heavy atom. The van der Waals surface area contributed by atoms with Gasteiger partial charge in [0.1, 0.15) is 0 Å². The summed E-state index contributed by atoms with van der Waals surface area (Å²) in [5.74, 6) is 0. The number of benzene rings is 2. The maximum absolute atomic E-state index is 13.1. The lowest BCUT2D eigenvalue weighted by molar-refractivity contribution is -0.137. The van der Waals surface area contributed by atoms with Crippen molar-refractivity contribution in [1.82, 2.24) is 10.2 Å². The smallest absolute Gasteiger partial charge is 0.392 e. The van der Waals surface area contributed by atoms with Gasteiger partial charge in [0.15, 0.2) is 0 Å². The first-order valence-electron chi connectivity index (χ1n) is 9.72. The molecule has 158 valence electrons. The van der Waals surface area contributed by atoms with Crippen LogP contribution in [0.3, 0.4) is 0 Å². The molecule has 0 spiro atoms. The molecular weight excluding hydrogens is 381 g/mol. The lowest BCUT2D eigenvalue weighted by Crippen LogP contribution is -2.39. The summed E-state index contributed by atoms with van der Waals surface area (Å²) in [5, 5.41) is 13.5. The predicted octanol–water partition coefficient (Wildman–Crippen LogP) is 3.62. The van der Waals surface area contributed by atoms with E-state index in [9.17, 15) is 18.3 Å². The second-order valence-corrected chi connectivity index (χ2v) is 7.50. The zero-order valence-electron chi connectivity index (χ0n) is 16.4. The van der Waals surface area contributed by atoms with Crippen LogP contribution < -0.4 is 5.32 Å². The molecule has 29 heavy (non-hydrogen) atoms. The number of rotatable bonds is 8. The Bertz CT molecular complexity index is 770. The van der Waals surface area contributed by atoms with Gasteiger partial charge in [0, 0.05) is 32.8 Å². The molecule has 1 heterocycles. The van der Waals surface area contributed by atoms with E-state index in [1.54, 1.807) is 6.07 Å². The van der Waals surface area contributed by atoms with Crippen LogP contribution in [-0.4, -0.2) is 49.0 Å². The standard InChI is InChI=1S/C22H27F3N2O2/c1-29-15-21(17-8-5-9-18(10-17)22(23,24)25)26-12-19-11-20(28)14-27(19)13-16-6-3-2-4-7-16/h2-10,19-21,26,28H,11-15H2,1H3/t19-,20+,21-/m0/s1. The Morgan fingerprint density at radius 3 is 2.62 bits per heavy atom. The van der Waals surface area contributed by atoms with E-state index in [4.69, 9.17) is 4.74 Å². The topological polar surface area (TPSA) is 44.7 Å². The molecule has 7 heteroatoms. The SMILES string of the molecule is COC[C@H](NC[C@@H]1C[C@@H](O)CN1Cc1ccccc1)c1cccc(C(F)(F)F)c1. The van der Waals surface area contributed by atoms with E-state index >= 15 is 0 Å². The first-order valence-corrected chi connectivity index (χ1v) is 9.72. The van der Waals surface area contributed by atoms with E-state index in [1.807, 2.05) is 30.3 Å². The van der Waals surface area contributed by atoms with E-state index in [2.05, 4.69) is 10.2 Å². The maximum atomic E-state index is 13.1. The monoisotopic (exact) mass is 408 g/mol. The molecule has 1 aliphatic heterocycles. The van der Waals surface area contributed by atoms with E-state index in [0.29, 0.717) is 25.1 Å². The fraction of sp³-hybridized carbons (Fsp3) is 0.455. The number of ether oxygens (including phenoxy) is 1. The number of aliphatic hydroxyl groups excluding tert-OH is 1. The Kier molecular flexibility index (Phi) is 7.29. The highest BCUT2D eigenvalue weighted by Gasteiger charge is 2.33. The van der Waals surface area contributed by atoms with Crippen molar-refractivity contribution in [2.24, 2.45) is 0 Å². The number of nitrogens with one attached hydrogen (secondary N) is 1. The van der Waals surface area contributed by atoms with Crippen molar-refractivity contribution in [3.05, 3.63) is 71.3 Å². The largest absolute Gasteiger partial charge is 0.416 e. The summed E-state index contributed by atoms with van der Waals surface area (Å²) < 4.78 is 44.4. The predicted molar refractivity (Wildman–Crippen MR) is 105 cm³/mol. The number of methoxy groups -OCH3 is 1. The molecule has 1 fully saturated rings. The fourth-order valence-electron chi connectivity index (χ4n) is 3.83. The molecule has 3 atom stereocenters. The third kappa shape index (κ3) is 6.02. The van der Waals surface area contributed by atoms with Crippen molar-refractivity contribution in [2.45, 2.75) is 37.3 Å². The molecule has 0 aliphatic carbocycles. The summed E-state index contributed by atoms with van der Waals surface area (Å²) in [4.78, 5) is 2.21. The molecule has 0 radical (unpaired) electrons. The van der Waals surface area contributed by atoms with Crippen LogP contribution >= 0.6 is 0 Å². The third-order valence-electron chi connectivity index (χ3n) is 5.28. The van der Waals surface area contributed by atoms with Crippen molar-refractivity contribution in [3.63, 3.8) is 0 Å². The van der Waals surface area contributed by atoms with Gasteiger partial charge < -0.3 is 15.2 Å². The first kappa shape index (κ1) is 21.8. The summed E-state index contributed by atoms with van der Waals surface area (Å²) >= 11 is 0. The highest BCUT2D eigenvalue weighted by Crippen LogP contribution is 2.31. The number of halogens is 3. The number of likely N-dealkylation sites (tertiary alicyclic amines) is 1. The van der Waals surface area contributed by atoms with E-state index in [-0.39, 0.29) is 18.7 Å². The number of hydrogen-bond donors (Lipinski definition) is 2. The van der Waals surface area contributed by atoms with Gasteiger partial charge in [-0.1, -0.05) is 42.5 Å². The molecule has 2 aromatic rings. The number of nitrogens with zero attached hydrogens (tertiary/aromatic N) is 1. The summed E-state index contributed by atoms with van der Waals surface area (Å²) in [6, 6.07) is 15.1.